The zero-order valence-electron chi connectivity index (χ0n) is 24.2. The lowest BCUT2D eigenvalue weighted by atomic mass is 9.78. The number of H-pyrrole nitrogens is 1. The standard InChI is InChI=1S/C32H31F6N5O2/c1-44-19-27(21-14-23(31(33,34)35)16-24(15-21)32(36,37)38)45-28-13-12-26-25(29-39-41-42-40-29)17-30(28,22-10-6-3-7-11-22)43(26)18-20-8-4-2-5-9-20/h2-11,14-16,25-28H,12-13,17-19H2,1H3,(H,39,40,41,42). The van der Waals surface area contributed by atoms with Crippen LogP contribution in [-0.4, -0.2) is 51.4 Å². The first-order chi connectivity index (χ1) is 21.5. The van der Waals surface area contributed by atoms with Crippen molar-refractivity contribution in [2.24, 2.45) is 0 Å². The molecule has 2 bridgehead atoms. The molecule has 3 aromatic carbocycles. The van der Waals surface area contributed by atoms with Crippen molar-refractivity contribution in [3.8, 4) is 0 Å². The van der Waals surface area contributed by atoms with Crippen LogP contribution in [-0.2, 0) is 33.9 Å². The summed E-state index contributed by atoms with van der Waals surface area (Å²) in [5, 5.41) is 14.8. The number of methoxy groups -OCH3 is 1. The van der Waals surface area contributed by atoms with Crippen molar-refractivity contribution >= 4 is 0 Å². The molecule has 238 valence electrons. The fraction of sp³-hybridized carbons (Fsp3) is 0.406. The third-order valence-corrected chi connectivity index (χ3v) is 8.98. The molecule has 0 radical (unpaired) electrons. The number of aromatic nitrogens is 4. The van der Waals surface area contributed by atoms with Gasteiger partial charge in [-0.05, 0) is 64.6 Å². The molecule has 0 aliphatic carbocycles. The third-order valence-electron chi connectivity index (χ3n) is 8.98. The highest BCUT2D eigenvalue weighted by molar-refractivity contribution is 5.37. The molecule has 3 heterocycles. The number of benzene rings is 3. The van der Waals surface area contributed by atoms with Crippen LogP contribution in [0.25, 0.3) is 0 Å². The van der Waals surface area contributed by atoms with Crippen molar-refractivity contribution in [3.05, 3.63) is 113 Å². The van der Waals surface area contributed by atoms with E-state index in [1.54, 1.807) is 0 Å². The Morgan fingerprint density at radius 1 is 0.911 bits per heavy atom. The zero-order valence-corrected chi connectivity index (χ0v) is 24.2. The number of ether oxygens (including phenoxy) is 2. The Hall–Kier alpha value is -3.81. The molecular weight excluding hydrogens is 600 g/mol. The monoisotopic (exact) mass is 631 g/mol. The molecule has 0 saturated carbocycles. The summed E-state index contributed by atoms with van der Waals surface area (Å²) in [6, 6.07) is 21.1. The van der Waals surface area contributed by atoms with E-state index in [-0.39, 0.29) is 30.2 Å². The second-order valence-corrected chi connectivity index (χ2v) is 11.6. The van der Waals surface area contributed by atoms with Crippen molar-refractivity contribution in [3.63, 3.8) is 0 Å². The van der Waals surface area contributed by atoms with Gasteiger partial charge in [0.1, 0.15) is 6.10 Å². The minimum absolute atomic E-state index is 0.0220. The molecule has 7 nitrogen and oxygen atoms in total. The lowest BCUT2D eigenvalue weighted by Gasteiger charge is -2.51. The molecule has 5 unspecified atom stereocenters. The number of tetrazole rings is 1. The fourth-order valence-electron chi connectivity index (χ4n) is 7.08. The Bertz CT molecular complexity index is 1540. The normalized spacial score (nSPS) is 24.6. The summed E-state index contributed by atoms with van der Waals surface area (Å²) in [6.45, 7) is 0.270. The lowest BCUT2D eigenvalue weighted by molar-refractivity contribution is -0.148. The minimum Gasteiger partial charge on any atom is -0.382 e. The minimum atomic E-state index is -4.99. The van der Waals surface area contributed by atoms with Gasteiger partial charge in [0.05, 0.1) is 29.4 Å². The smallest absolute Gasteiger partial charge is 0.382 e. The SMILES string of the molecule is COCC(OC1CCC2C(c3nnn[nH]3)CC1(c1ccccc1)N2Cc1ccccc1)c1cc(C(F)(F)F)cc(C(F)(F)F)c1. The highest BCUT2D eigenvalue weighted by atomic mass is 19.4. The topological polar surface area (TPSA) is 76.2 Å². The van der Waals surface area contributed by atoms with Gasteiger partial charge in [-0.3, -0.25) is 4.90 Å². The first-order valence-electron chi connectivity index (χ1n) is 14.5. The number of hydrogen-bond donors (Lipinski definition) is 1. The van der Waals surface area contributed by atoms with E-state index in [4.69, 9.17) is 9.47 Å². The Balaban J connectivity index is 1.47. The van der Waals surface area contributed by atoms with Crippen LogP contribution in [0.5, 0.6) is 0 Å². The number of piperidine rings is 1. The van der Waals surface area contributed by atoms with Crippen LogP contribution < -0.4 is 0 Å². The first kappa shape index (κ1) is 31.2. The maximum atomic E-state index is 13.8. The van der Waals surface area contributed by atoms with E-state index >= 15 is 0 Å². The Morgan fingerprint density at radius 3 is 2.13 bits per heavy atom. The van der Waals surface area contributed by atoms with Gasteiger partial charge in [0.2, 0.25) is 0 Å². The van der Waals surface area contributed by atoms with Crippen LogP contribution in [0.3, 0.4) is 0 Å². The van der Waals surface area contributed by atoms with Crippen LogP contribution in [0.15, 0.2) is 78.9 Å². The summed E-state index contributed by atoms with van der Waals surface area (Å²) in [4.78, 5) is 2.34. The Labute approximate surface area is 255 Å². The average molecular weight is 632 g/mol. The maximum Gasteiger partial charge on any atom is 0.416 e. The Kier molecular flexibility index (Phi) is 8.44. The number of aromatic amines is 1. The number of nitrogens with zero attached hydrogens (tertiary/aromatic N) is 4. The molecule has 2 aliphatic rings. The van der Waals surface area contributed by atoms with E-state index in [0.717, 1.165) is 23.3 Å². The quantitative estimate of drug-likeness (QED) is 0.200. The molecule has 6 rings (SSSR count). The first-order valence-corrected chi connectivity index (χ1v) is 14.5. The van der Waals surface area contributed by atoms with Gasteiger partial charge in [0, 0.05) is 25.6 Å². The van der Waals surface area contributed by atoms with Crippen molar-refractivity contribution in [2.75, 3.05) is 13.7 Å². The van der Waals surface area contributed by atoms with Gasteiger partial charge in [-0.15, -0.1) is 5.10 Å². The number of fused-ring (bicyclic) bond motifs is 2. The van der Waals surface area contributed by atoms with Gasteiger partial charge in [0.25, 0.3) is 0 Å². The van der Waals surface area contributed by atoms with E-state index in [1.807, 2.05) is 60.7 Å². The van der Waals surface area contributed by atoms with Gasteiger partial charge < -0.3 is 9.47 Å². The molecule has 2 aliphatic heterocycles. The van der Waals surface area contributed by atoms with E-state index in [0.29, 0.717) is 31.6 Å². The second kappa shape index (κ2) is 12.2. The van der Waals surface area contributed by atoms with Crippen molar-refractivity contribution in [1.82, 2.24) is 25.5 Å². The molecule has 45 heavy (non-hydrogen) atoms. The van der Waals surface area contributed by atoms with Gasteiger partial charge >= 0.3 is 12.4 Å². The summed E-state index contributed by atoms with van der Waals surface area (Å²) < 4.78 is 95.0. The summed E-state index contributed by atoms with van der Waals surface area (Å²) in [7, 11) is 1.34. The van der Waals surface area contributed by atoms with E-state index in [2.05, 4.69) is 25.5 Å². The van der Waals surface area contributed by atoms with E-state index < -0.39 is 41.2 Å². The molecule has 5 atom stereocenters. The molecule has 13 heteroatoms. The van der Waals surface area contributed by atoms with Crippen molar-refractivity contribution < 1.29 is 35.8 Å². The second-order valence-electron chi connectivity index (χ2n) is 11.6. The van der Waals surface area contributed by atoms with Crippen LogP contribution in [0.2, 0.25) is 0 Å². The van der Waals surface area contributed by atoms with Crippen LogP contribution >= 0.6 is 0 Å². The molecule has 1 N–H and O–H groups in total. The highest BCUT2D eigenvalue weighted by Gasteiger charge is 2.61. The van der Waals surface area contributed by atoms with E-state index in [1.165, 1.54) is 7.11 Å². The predicted molar refractivity (Wildman–Crippen MR) is 151 cm³/mol. The number of alkyl halides is 6. The molecule has 2 fully saturated rings. The highest BCUT2D eigenvalue weighted by Crippen LogP contribution is 2.58. The van der Waals surface area contributed by atoms with Crippen LogP contribution in [0.1, 0.15) is 64.9 Å². The van der Waals surface area contributed by atoms with Crippen molar-refractivity contribution in [2.45, 2.75) is 67.9 Å². The van der Waals surface area contributed by atoms with Crippen molar-refractivity contribution in [1.29, 1.82) is 0 Å². The summed E-state index contributed by atoms with van der Waals surface area (Å²) in [5.74, 6) is 0.474. The summed E-state index contributed by atoms with van der Waals surface area (Å²) in [6.07, 6.45) is -10.2. The van der Waals surface area contributed by atoms with E-state index in [9.17, 15) is 26.3 Å². The number of nitrogens with one attached hydrogen (secondary N) is 1. The third kappa shape index (κ3) is 6.08. The van der Waals surface area contributed by atoms with Gasteiger partial charge in [0.15, 0.2) is 5.82 Å². The zero-order chi connectivity index (χ0) is 31.8. The molecular formula is C32H31F6N5O2. The van der Waals surface area contributed by atoms with Crippen LogP contribution in [0.4, 0.5) is 26.3 Å². The largest absolute Gasteiger partial charge is 0.416 e. The molecule has 0 amide bonds. The Morgan fingerprint density at radius 2 is 1.56 bits per heavy atom. The van der Waals surface area contributed by atoms with Crippen LogP contribution in [0, 0.1) is 0 Å². The van der Waals surface area contributed by atoms with Gasteiger partial charge in [-0.2, -0.15) is 26.3 Å². The predicted octanol–water partition coefficient (Wildman–Crippen LogP) is 7.06. The average Bonchev–Trinajstić information content (AvgIpc) is 3.62. The summed E-state index contributed by atoms with van der Waals surface area (Å²) >= 11 is 0. The fourth-order valence-corrected chi connectivity index (χ4v) is 7.08. The lowest BCUT2D eigenvalue weighted by Crippen LogP contribution is -2.57. The molecule has 1 aromatic heterocycles. The number of halogens is 6. The molecule has 0 spiro atoms. The molecule has 4 aromatic rings. The maximum absolute atomic E-state index is 13.8. The van der Waals surface area contributed by atoms with Gasteiger partial charge in [-0.1, -0.05) is 60.7 Å². The summed E-state index contributed by atoms with van der Waals surface area (Å²) in [5.41, 5.74) is -1.92. The number of hydrogen-bond acceptors (Lipinski definition) is 6. The van der Waals surface area contributed by atoms with Gasteiger partial charge in [-0.25, -0.2) is 5.10 Å². The number of rotatable bonds is 9. The molecule has 2 saturated heterocycles.